The molecule has 1 amide bonds. The average molecular weight is 460 g/mol. The van der Waals surface area contributed by atoms with Crippen LogP contribution in [-0.4, -0.2) is 38.1 Å². The Bertz CT molecular complexity index is 987. The van der Waals surface area contributed by atoms with Gasteiger partial charge >= 0.3 is 11.9 Å². The number of carbonyl (C=O) groups excluding carboxylic acids is 3. The standard InChI is InChI=1S/C28H29NO5/c1-33-26(31)19-18-24(27(32)34-2)29-25(30)20-28(21-12-6-3-7-13-21,22-14-8-4-9-15-22)23-16-10-5-11-17-23/h3-17,24H,18-20H2,1-2H3,(H,29,30)/t24-/m1/s1. The van der Waals surface area contributed by atoms with E-state index in [4.69, 9.17) is 4.74 Å². The Morgan fingerprint density at radius 2 is 1.18 bits per heavy atom. The maximum atomic E-state index is 13.5. The zero-order valence-corrected chi connectivity index (χ0v) is 19.4. The second-order valence-corrected chi connectivity index (χ2v) is 7.94. The lowest BCUT2D eigenvalue weighted by atomic mass is 9.67. The van der Waals surface area contributed by atoms with Gasteiger partial charge in [-0.05, 0) is 23.1 Å². The zero-order valence-electron chi connectivity index (χ0n) is 19.4. The molecule has 0 fully saturated rings. The van der Waals surface area contributed by atoms with Crippen LogP contribution in [0.2, 0.25) is 0 Å². The van der Waals surface area contributed by atoms with Crippen molar-refractivity contribution in [2.45, 2.75) is 30.7 Å². The average Bonchev–Trinajstić information content (AvgIpc) is 2.90. The van der Waals surface area contributed by atoms with Crippen molar-refractivity contribution < 1.29 is 23.9 Å². The molecule has 0 aliphatic heterocycles. The summed E-state index contributed by atoms with van der Waals surface area (Å²) in [5.41, 5.74) is 2.06. The van der Waals surface area contributed by atoms with Crippen molar-refractivity contribution in [1.82, 2.24) is 5.32 Å². The molecule has 0 saturated carbocycles. The molecule has 0 aliphatic carbocycles. The molecule has 0 bridgehead atoms. The molecule has 1 N–H and O–H groups in total. The van der Waals surface area contributed by atoms with Gasteiger partial charge in [0.25, 0.3) is 0 Å². The molecule has 6 nitrogen and oxygen atoms in total. The predicted octanol–water partition coefficient (Wildman–Crippen LogP) is 4.02. The number of amides is 1. The Balaban J connectivity index is 2.02. The van der Waals surface area contributed by atoms with Crippen LogP contribution in [0, 0.1) is 0 Å². The molecule has 3 aromatic rings. The number of hydrogen-bond donors (Lipinski definition) is 1. The van der Waals surface area contributed by atoms with Gasteiger partial charge in [-0.3, -0.25) is 9.59 Å². The highest BCUT2D eigenvalue weighted by Crippen LogP contribution is 2.42. The van der Waals surface area contributed by atoms with Crippen LogP contribution in [0.25, 0.3) is 0 Å². The van der Waals surface area contributed by atoms with Crippen molar-refractivity contribution in [3.8, 4) is 0 Å². The Morgan fingerprint density at radius 1 is 0.735 bits per heavy atom. The van der Waals surface area contributed by atoms with Crippen molar-refractivity contribution in [3.63, 3.8) is 0 Å². The van der Waals surface area contributed by atoms with Gasteiger partial charge < -0.3 is 14.8 Å². The molecular formula is C28H29NO5. The van der Waals surface area contributed by atoms with Crippen molar-refractivity contribution in [1.29, 1.82) is 0 Å². The quantitative estimate of drug-likeness (QED) is 0.366. The fourth-order valence-electron chi connectivity index (χ4n) is 4.22. The minimum absolute atomic E-state index is 0.0161. The minimum atomic E-state index is -0.961. The van der Waals surface area contributed by atoms with Crippen molar-refractivity contribution in [3.05, 3.63) is 108 Å². The summed E-state index contributed by atoms with van der Waals surface area (Å²) in [6, 6.07) is 28.5. The van der Waals surface area contributed by atoms with Gasteiger partial charge in [-0.15, -0.1) is 0 Å². The lowest BCUT2D eigenvalue weighted by Crippen LogP contribution is -2.45. The van der Waals surface area contributed by atoms with Crippen LogP contribution < -0.4 is 5.32 Å². The number of nitrogens with one attached hydrogen (secondary N) is 1. The molecule has 176 valence electrons. The first-order valence-electron chi connectivity index (χ1n) is 11.1. The van der Waals surface area contributed by atoms with E-state index in [2.05, 4.69) is 10.1 Å². The van der Waals surface area contributed by atoms with Gasteiger partial charge in [0.15, 0.2) is 0 Å². The summed E-state index contributed by atoms with van der Waals surface area (Å²) in [6.45, 7) is 0. The Hall–Kier alpha value is -3.93. The Morgan fingerprint density at radius 3 is 1.56 bits per heavy atom. The van der Waals surface area contributed by atoms with Crippen LogP contribution in [0.1, 0.15) is 36.0 Å². The van der Waals surface area contributed by atoms with E-state index in [1.165, 1.54) is 14.2 Å². The molecule has 0 saturated heterocycles. The second kappa shape index (κ2) is 11.8. The highest BCUT2D eigenvalue weighted by atomic mass is 16.5. The maximum absolute atomic E-state index is 13.5. The molecule has 0 aromatic heterocycles. The number of methoxy groups -OCH3 is 2. The summed E-state index contributed by atoms with van der Waals surface area (Å²) in [6.07, 6.45) is 0.120. The third-order valence-electron chi connectivity index (χ3n) is 5.91. The first-order valence-corrected chi connectivity index (χ1v) is 11.1. The summed E-state index contributed by atoms with van der Waals surface area (Å²) in [5, 5.41) is 2.79. The van der Waals surface area contributed by atoms with Crippen LogP contribution in [0.4, 0.5) is 0 Å². The molecule has 0 unspecified atom stereocenters. The summed E-state index contributed by atoms with van der Waals surface area (Å²) in [4.78, 5) is 37.4. The van der Waals surface area contributed by atoms with Crippen LogP contribution >= 0.6 is 0 Å². The van der Waals surface area contributed by atoms with Gasteiger partial charge in [0.2, 0.25) is 5.91 Å². The van der Waals surface area contributed by atoms with Crippen molar-refractivity contribution >= 4 is 17.8 Å². The van der Waals surface area contributed by atoms with E-state index < -0.39 is 23.4 Å². The first kappa shape index (κ1) is 24.7. The van der Waals surface area contributed by atoms with Gasteiger partial charge in [0, 0.05) is 12.8 Å². The van der Waals surface area contributed by atoms with E-state index in [9.17, 15) is 14.4 Å². The fraction of sp³-hybridized carbons (Fsp3) is 0.250. The van der Waals surface area contributed by atoms with E-state index in [1.807, 2.05) is 91.0 Å². The van der Waals surface area contributed by atoms with E-state index >= 15 is 0 Å². The highest BCUT2D eigenvalue weighted by molar-refractivity contribution is 5.86. The molecule has 1 atom stereocenters. The highest BCUT2D eigenvalue weighted by Gasteiger charge is 2.39. The largest absolute Gasteiger partial charge is 0.469 e. The molecule has 0 heterocycles. The number of hydrogen-bond acceptors (Lipinski definition) is 5. The summed E-state index contributed by atoms with van der Waals surface area (Å²) in [7, 11) is 2.53. The molecular weight excluding hydrogens is 430 g/mol. The van der Waals surface area contributed by atoms with Gasteiger partial charge in [-0.25, -0.2) is 4.79 Å². The SMILES string of the molecule is COC(=O)CC[C@@H](NC(=O)CC(c1ccccc1)(c1ccccc1)c1ccccc1)C(=O)OC. The van der Waals surface area contributed by atoms with Gasteiger partial charge in [-0.2, -0.15) is 0 Å². The molecule has 3 aromatic carbocycles. The maximum Gasteiger partial charge on any atom is 0.328 e. The molecule has 0 spiro atoms. The van der Waals surface area contributed by atoms with Crippen LogP contribution in [0.5, 0.6) is 0 Å². The van der Waals surface area contributed by atoms with Crippen LogP contribution in [0.15, 0.2) is 91.0 Å². The lowest BCUT2D eigenvalue weighted by molar-refractivity contribution is -0.146. The van der Waals surface area contributed by atoms with E-state index in [-0.39, 0.29) is 25.2 Å². The van der Waals surface area contributed by atoms with Gasteiger partial charge in [0.05, 0.1) is 19.6 Å². The number of rotatable bonds is 10. The Labute approximate surface area is 199 Å². The van der Waals surface area contributed by atoms with E-state index in [1.54, 1.807) is 0 Å². The zero-order chi connectivity index (χ0) is 24.4. The molecule has 0 aliphatic rings. The number of carbonyl (C=O) groups is 3. The predicted molar refractivity (Wildman–Crippen MR) is 129 cm³/mol. The summed E-state index contributed by atoms with van der Waals surface area (Å²) >= 11 is 0. The first-order chi connectivity index (χ1) is 16.5. The van der Waals surface area contributed by atoms with Crippen LogP contribution in [-0.2, 0) is 29.3 Å². The smallest absolute Gasteiger partial charge is 0.328 e. The second-order valence-electron chi connectivity index (χ2n) is 7.94. The topological polar surface area (TPSA) is 81.7 Å². The number of ether oxygens (including phenoxy) is 2. The minimum Gasteiger partial charge on any atom is -0.469 e. The van der Waals surface area contributed by atoms with Crippen molar-refractivity contribution in [2.75, 3.05) is 14.2 Å². The number of esters is 2. The normalized spacial score (nSPS) is 11.8. The van der Waals surface area contributed by atoms with Gasteiger partial charge in [0.1, 0.15) is 6.04 Å². The molecule has 0 radical (unpaired) electrons. The third-order valence-corrected chi connectivity index (χ3v) is 5.91. The summed E-state index contributed by atoms with van der Waals surface area (Å²) < 4.78 is 9.53. The molecule has 6 heteroatoms. The third kappa shape index (κ3) is 5.70. The fourth-order valence-corrected chi connectivity index (χ4v) is 4.22. The van der Waals surface area contributed by atoms with E-state index in [0.717, 1.165) is 16.7 Å². The molecule has 34 heavy (non-hydrogen) atoms. The Kier molecular flexibility index (Phi) is 8.57. The van der Waals surface area contributed by atoms with Crippen molar-refractivity contribution in [2.24, 2.45) is 0 Å². The van der Waals surface area contributed by atoms with E-state index in [0.29, 0.717) is 0 Å². The van der Waals surface area contributed by atoms with Crippen LogP contribution in [0.3, 0.4) is 0 Å². The monoisotopic (exact) mass is 459 g/mol. The van der Waals surface area contributed by atoms with Gasteiger partial charge in [-0.1, -0.05) is 91.0 Å². The summed E-state index contributed by atoms with van der Waals surface area (Å²) in [5.74, 6) is -1.41. The number of benzene rings is 3. The molecule has 3 rings (SSSR count). The lowest BCUT2D eigenvalue weighted by Gasteiger charge is -2.36.